The monoisotopic (exact) mass is 384 g/mol. The first-order chi connectivity index (χ1) is 13.1. The highest BCUT2D eigenvalue weighted by molar-refractivity contribution is 4.51. The van der Waals surface area contributed by atoms with Crippen molar-refractivity contribution in [1.82, 2.24) is 0 Å². The van der Waals surface area contributed by atoms with Crippen molar-refractivity contribution in [2.45, 2.75) is 143 Å². The first kappa shape index (κ1) is 26.9. The standard InChI is InChI=1S/C25H54NO/c1-5-7-9-10-11-12-13-14-15-16-17-18-19-20-21-22-24-26(4,25(3)27)23-8-6-2/h25,27H,5-24H2,1-4H3/q+1. The van der Waals surface area contributed by atoms with E-state index in [1.807, 2.05) is 6.92 Å². The maximum atomic E-state index is 10.1. The van der Waals surface area contributed by atoms with E-state index < -0.39 is 0 Å². The van der Waals surface area contributed by atoms with Gasteiger partial charge in [0.05, 0.1) is 20.1 Å². The van der Waals surface area contributed by atoms with Gasteiger partial charge in [0.25, 0.3) is 0 Å². The Balaban J connectivity index is 3.35. The molecule has 0 aliphatic rings. The summed E-state index contributed by atoms with van der Waals surface area (Å²) in [6, 6.07) is 0. The highest BCUT2D eigenvalue weighted by atomic mass is 16.3. The molecule has 0 rings (SSSR count). The molecule has 0 amide bonds. The van der Waals surface area contributed by atoms with Crippen LogP contribution < -0.4 is 0 Å². The summed E-state index contributed by atoms with van der Waals surface area (Å²) in [6.07, 6.45) is 24.9. The lowest BCUT2D eigenvalue weighted by Gasteiger charge is -2.37. The van der Waals surface area contributed by atoms with E-state index in [1.54, 1.807) is 0 Å². The van der Waals surface area contributed by atoms with Gasteiger partial charge in [-0.25, -0.2) is 0 Å². The quantitative estimate of drug-likeness (QED) is 0.121. The number of rotatable bonds is 21. The minimum absolute atomic E-state index is 0.229. The fourth-order valence-electron chi connectivity index (χ4n) is 4.03. The zero-order valence-electron chi connectivity index (χ0n) is 19.6. The molecular formula is C25H54NO+. The van der Waals surface area contributed by atoms with Crippen LogP contribution in [0.2, 0.25) is 0 Å². The number of quaternary nitrogens is 1. The van der Waals surface area contributed by atoms with Gasteiger partial charge in [-0.2, -0.15) is 0 Å². The van der Waals surface area contributed by atoms with E-state index in [2.05, 4.69) is 20.9 Å². The highest BCUT2D eigenvalue weighted by Gasteiger charge is 2.25. The van der Waals surface area contributed by atoms with E-state index in [0.29, 0.717) is 0 Å². The molecule has 2 atom stereocenters. The van der Waals surface area contributed by atoms with Gasteiger partial charge in [-0.05, 0) is 19.3 Å². The van der Waals surface area contributed by atoms with Crippen molar-refractivity contribution in [1.29, 1.82) is 0 Å². The Hall–Kier alpha value is -0.0800. The third-order valence-electron chi connectivity index (χ3n) is 6.45. The molecule has 0 aliphatic carbocycles. The van der Waals surface area contributed by atoms with Crippen molar-refractivity contribution in [2.75, 3.05) is 20.1 Å². The van der Waals surface area contributed by atoms with Crippen LogP contribution in [0.3, 0.4) is 0 Å². The Labute approximate surface area is 172 Å². The molecule has 1 N–H and O–H groups in total. The number of hydrogen-bond donors (Lipinski definition) is 1. The molecule has 0 aromatic heterocycles. The van der Waals surface area contributed by atoms with Crippen LogP contribution >= 0.6 is 0 Å². The number of hydrogen-bond acceptors (Lipinski definition) is 1. The summed E-state index contributed by atoms with van der Waals surface area (Å²) in [5.41, 5.74) is 0. The Morgan fingerprint density at radius 1 is 0.519 bits per heavy atom. The largest absolute Gasteiger partial charge is 0.345 e. The van der Waals surface area contributed by atoms with Crippen LogP contribution in [0.25, 0.3) is 0 Å². The minimum Gasteiger partial charge on any atom is -0.345 e. The summed E-state index contributed by atoms with van der Waals surface area (Å²) in [7, 11) is 2.23. The summed E-state index contributed by atoms with van der Waals surface area (Å²) in [4.78, 5) is 0. The fourth-order valence-corrected chi connectivity index (χ4v) is 4.03. The molecule has 0 spiro atoms. The number of aliphatic hydroxyl groups is 1. The molecule has 0 bridgehead atoms. The Kier molecular flexibility index (Phi) is 19.2. The molecule has 2 heteroatoms. The number of aliphatic hydroxyl groups excluding tert-OH is 1. The molecule has 0 radical (unpaired) electrons. The van der Waals surface area contributed by atoms with Gasteiger partial charge in [0, 0.05) is 6.92 Å². The van der Waals surface area contributed by atoms with Crippen LogP contribution in [0.15, 0.2) is 0 Å². The molecule has 27 heavy (non-hydrogen) atoms. The molecular weight excluding hydrogens is 330 g/mol. The Morgan fingerprint density at radius 2 is 0.815 bits per heavy atom. The predicted octanol–water partition coefficient (Wildman–Crippen LogP) is 7.83. The summed E-state index contributed by atoms with van der Waals surface area (Å²) in [5.74, 6) is 0. The van der Waals surface area contributed by atoms with Crippen molar-refractivity contribution >= 4 is 0 Å². The molecule has 2 unspecified atom stereocenters. The molecule has 0 aromatic rings. The molecule has 2 nitrogen and oxygen atoms in total. The van der Waals surface area contributed by atoms with E-state index in [-0.39, 0.29) is 6.23 Å². The van der Waals surface area contributed by atoms with Gasteiger partial charge >= 0.3 is 0 Å². The van der Waals surface area contributed by atoms with E-state index in [9.17, 15) is 5.11 Å². The zero-order valence-corrected chi connectivity index (χ0v) is 19.6. The van der Waals surface area contributed by atoms with Crippen LogP contribution in [0.1, 0.15) is 136 Å². The van der Waals surface area contributed by atoms with E-state index in [0.717, 1.165) is 17.6 Å². The zero-order chi connectivity index (χ0) is 20.2. The fraction of sp³-hybridized carbons (Fsp3) is 1.00. The Bertz CT molecular complexity index is 292. The number of unbranched alkanes of at least 4 members (excludes halogenated alkanes) is 16. The molecule has 0 aliphatic heterocycles. The van der Waals surface area contributed by atoms with Gasteiger partial charge < -0.3 is 9.59 Å². The number of nitrogens with zero attached hydrogens (tertiary/aromatic N) is 1. The van der Waals surface area contributed by atoms with Gasteiger partial charge in [-0.1, -0.05) is 110 Å². The lowest BCUT2D eigenvalue weighted by Crippen LogP contribution is -2.52. The molecule has 164 valence electrons. The first-order valence-electron chi connectivity index (χ1n) is 12.6. The van der Waals surface area contributed by atoms with Crippen LogP contribution in [0.5, 0.6) is 0 Å². The average molecular weight is 385 g/mol. The van der Waals surface area contributed by atoms with Crippen molar-refractivity contribution < 1.29 is 9.59 Å². The van der Waals surface area contributed by atoms with Gasteiger partial charge in [-0.3, -0.25) is 0 Å². The van der Waals surface area contributed by atoms with E-state index in [1.165, 1.54) is 116 Å². The smallest absolute Gasteiger partial charge is 0.187 e. The second-order valence-corrected chi connectivity index (χ2v) is 9.22. The topological polar surface area (TPSA) is 20.2 Å². The van der Waals surface area contributed by atoms with Crippen LogP contribution in [0.4, 0.5) is 0 Å². The molecule has 0 saturated heterocycles. The third kappa shape index (κ3) is 16.6. The summed E-state index contributed by atoms with van der Waals surface area (Å²) < 4.78 is 0.840. The first-order valence-corrected chi connectivity index (χ1v) is 12.6. The van der Waals surface area contributed by atoms with Crippen molar-refractivity contribution in [3.8, 4) is 0 Å². The van der Waals surface area contributed by atoms with Gasteiger partial charge in [0.1, 0.15) is 0 Å². The van der Waals surface area contributed by atoms with Crippen molar-refractivity contribution in [3.05, 3.63) is 0 Å². The van der Waals surface area contributed by atoms with Crippen molar-refractivity contribution in [3.63, 3.8) is 0 Å². The van der Waals surface area contributed by atoms with Crippen LogP contribution in [-0.2, 0) is 0 Å². The normalized spacial score (nSPS) is 15.0. The highest BCUT2D eigenvalue weighted by Crippen LogP contribution is 2.16. The Morgan fingerprint density at radius 3 is 1.15 bits per heavy atom. The SMILES string of the molecule is CCCCCCCCCCCCCCCCCC[N+](C)(CCCC)C(C)O. The van der Waals surface area contributed by atoms with E-state index in [4.69, 9.17) is 0 Å². The molecule has 0 heterocycles. The second-order valence-electron chi connectivity index (χ2n) is 9.22. The van der Waals surface area contributed by atoms with Crippen LogP contribution in [-0.4, -0.2) is 36.0 Å². The maximum Gasteiger partial charge on any atom is 0.187 e. The predicted molar refractivity (Wildman–Crippen MR) is 122 cm³/mol. The van der Waals surface area contributed by atoms with Gasteiger partial charge in [0.2, 0.25) is 0 Å². The lowest BCUT2D eigenvalue weighted by molar-refractivity contribution is -0.952. The average Bonchev–Trinajstić information content (AvgIpc) is 2.66. The van der Waals surface area contributed by atoms with Crippen LogP contribution in [0, 0.1) is 0 Å². The molecule has 0 saturated carbocycles. The molecule has 0 fully saturated rings. The molecule has 0 aromatic carbocycles. The van der Waals surface area contributed by atoms with Gasteiger partial charge in [0.15, 0.2) is 6.23 Å². The van der Waals surface area contributed by atoms with Gasteiger partial charge in [-0.15, -0.1) is 0 Å². The maximum absolute atomic E-state index is 10.1. The third-order valence-corrected chi connectivity index (χ3v) is 6.45. The summed E-state index contributed by atoms with van der Waals surface area (Å²) >= 11 is 0. The minimum atomic E-state index is -0.229. The second kappa shape index (κ2) is 19.2. The summed E-state index contributed by atoms with van der Waals surface area (Å²) in [5, 5.41) is 10.1. The summed E-state index contributed by atoms with van der Waals surface area (Å²) in [6.45, 7) is 8.74. The lowest BCUT2D eigenvalue weighted by atomic mass is 10.0. The van der Waals surface area contributed by atoms with Crippen molar-refractivity contribution in [2.24, 2.45) is 0 Å². The van der Waals surface area contributed by atoms with E-state index >= 15 is 0 Å².